The number of nitrogens with one attached hydrogen (secondary N) is 1. The fourth-order valence-electron chi connectivity index (χ4n) is 5.34. The molecule has 0 aliphatic heterocycles. The number of methoxy groups -OCH3 is 1. The van der Waals surface area contributed by atoms with Crippen molar-refractivity contribution in [3.8, 4) is 6.07 Å². The number of carboxylic acids is 1. The fourth-order valence-corrected chi connectivity index (χ4v) is 5.49. The summed E-state index contributed by atoms with van der Waals surface area (Å²) < 4.78 is 5.85. The normalized spacial score (nSPS) is 16.9. The molecule has 2 aromatic heterocycles. The first-order chi connectivity index (χ1) is 18.7. The van der Waals surface area contributed by atoms with E-state index in [1.54, 1.807) is 13.2 Å². The number of fused-ring (bicyclic) bond motifs is 2. The van der Waals surface area contributed by atoms with Crippen LogP contribution in [0.1, 0.15) is 57.4 Å². The van der Waals surface area contributed by atoms with Gasteiger partial charge in [-0.2, -0.15) is 5.26 Å². The number of aromatic nitrogens is 3. The second-order valence-corrected chi connectivity index (χ2v) is 10.1. The standard InChI is InChI=1S/C29H27ClN6O3/c1-15-11-19(16(2)32-20-9-10-24(30)34-26(20)29(37)38)25-21(12-15)33-22(14-31)28(35-25)36(3)27-18-8-6-5-7-17(18)13-23(27)39-4/h5-12,16,23,27,32H,13H2,1-4H3,(H,37,38)/t16-,23?,27?/m1/s1. The van der Waals surface area contributed by atoms with Crippen molar-refractivity contribution >= 4 is 40.1 Å². The van der Waals surface area contributed by atoms with Crippen molar-refractivity contribution in [2.24, 2.45) is 0 Å². The van der Waals surface area contributed by atoms with E-state index < -0.39 is 5.97 Å². The lowest BCUT2D eigenvalue weighted by Crippen LogP contribution is -2.33. The van der Waals surface area contributed by atoms with Crippen molar-refractivity contribution in [1.82, 2.24) is 15.0 Å². The molecule has 0 saturated carbocycles. The van der Waals surface area contributed by atoms with Gasteiger partial charge in [0, 0.05) is 26.1 Å². The molecule has 198 valence electrons. The molecule has 2 N–H and O–H groups in total. The third-order valence-electron chi connectivity index (χ3n) is 7.13. The first kappa shape index (κ1) is 26.4. The fraction of sp³-hybridized carbons (Fsp3) is 0.276. The Morgan fingerprint density at radius 3 is 2.72 bits per heavy atom. The Kier molecular flexibility index (Phi) is 7.08. The highest BCUT2D eigenvalue weighted by Gasteiger charge is 2.37. The number of rotatable bonds is 7. The SMILES string of the molecule is COC1Cc2ccccc2C1N(C)c1nc2c([C@@H](C)Nc3ccc(Cl)nc3C(=O)O)cc(C)cc2nc1C#N. The molecule has 2 heterocycles. The molecule has 0 radical (unpaired) electrons. The predicted molar refractivity (Wildman–Crippen MR) is 149 cm³/mol. The van der Waals surface area contributed by atoms with Gasteiger partial charge in [-0.3, -0.25) is 0 Å². The summed E-state index contributed by atoms with van der Waals surface area (Å²) in [6.45, 7) is 3.85. The number of carbonyl (C=O) groups is 1. The molecule has 0 fully saturated rings. The first-order valence-corrected chi connectivity index (χ1v) is 12.8. The molecular weight excluding hydrogens is 516 g/mol. The van der Waals surface area contributed by atoms with E-state index in [0.717, 1.165) is 23.1 Å². The molecule has 39 heavy (non-hydrogen) atoms. The lowest BCUT2D eigenvalue weighted by atomic mass is 10.0. The van der Waals surface area contributed by atoms with Crippen LogP contribution in [0.2, 0.25) is 5.15 Å². The maximum Gasteiger partial charge on any atom is 0.356 e. The van der Waals surface area contributed by atoms with E-state index in [9.17, 15) is 15.2 Å². The van der Waals surface area contributed by atoms with Crippen LogP contribution >= 0.6 is 11.6 Å². The van der Waals surface area contributed by atoms with Crippen LogP contribution in [0.4, 0.5) is 11.5 Å². The number of aryl methyl sites for hydroxylation is 1. The average Bonchev–Trinajstić information content (AvgIpc) is 3.31. The van der Waals surface area contributed by atoms with Crippen molar-refractivity contribution in [1.29, 1.82) is 5.26 Å². The van der Waals surface area contributed by atoms with E-state index in [1.165, 1.54) is 11.6 Å². The Morgan fingerprint density at radius 1 is 1.23 bits per heavy atom. The number of benzene rings is 2. The number of halogens is 1. The lowest BCUT2D eigenvalue weighted by Gasteiger charge is -2.31. The minimum atomic E-state index is -1.19. The van der Waals surface area contributed by atoms with Gasteiger partial charge in [-0.1, -0.05) is 41.9 Å². The number of hydrogen-bond acceptors (Lipinski definition) is 8. The Hall–Kier alpha value is -4.26. The zero-order valence-corrected chi connectivity index (χ0v) is 22.7. The van der Waals surface area contributed by atoms with Gasteiger partial charge in [0.05, 0.1) is 34.9 Å². The van der Waals surface area contributed by atoms with Crippen LogP contribution in [0.3, 0.4) is 0 Å². The second kappa shape index (κ2) is 10.5. The molecule has 1 aliphatic rings. The summed E-state index contributed by atoms with van der Waals surface area (Å²) in [5.41, 5.74) is 5.64. The third-order valence-corrected chi connectivity index (χ3v) is 7.35. The summed E-state index contributed by atoms with van der Waals surface area (Å²) in [6, 6.07) is 16.9. The number of carboxylic acid groups (broad SMARTS) is 1. The summed E-state index contributed by atoms with van der Waals surface area (Å²) >= 11 is 5.93. The number of ether oxygens (including phenoxy) is 1. The third kappa shape index (κ3) is 4.85. The molecule has 5 rings (SSSR count). The molecule has 2 unspecified atom stereocenters. The number of aromatic carboxylic acids is 1. The molecule has 0 saturated heterocycles. The highest BCUT2D eigenvalue weighted by molar-refractivity contribution is 6.29. The summed E-state index contributed by atoms with van der Waals surface area (Å²) in [5, 5.41) is 23.0. The molecular formula is C29H27ClN6O3. The largest absolute Gasteiger partial charge is 0.476 e. The van der Waals surface area contributed by atoms with Crippen LogP contribution < -0.4 is 10.2 Å². The molecule has 0 bridgehead atoms. The summed E-state index contributed by atoms with van der Waals surface area (Å²) in [6.07, 6.45) is 0.651. The quantitative estimate of drug-likeness (QED) is 0.292. The van der Waals surface area contributed by atoms with Crippen LogP contribution in [0, 0.1) is 18.3 Å². The summed E-state index contributed by atoms with van der Waals surface area (Å²) in [4.78, 5) is 27.4. The Morgan fingerprint density at radius 2 is 2.00 bits per heavy atom. The van der Waals surface area contributed by atoms with E-state index in [0.29, 0.717) is 22.5 Å². The molecule has 3 atom stereocenters. The van der Waals surface area contributed by atoms with Crippen LogP contribution in [0.5, 0.6) is 0 Å². The Labute approximate surface area is 231 Å². The van der Waals surface area contributed by atoms with Crippen LogP contribution in [0.15, 0.2) is 48.5 Å². The predicted octanol–water partition coefficient (Wildman–Crippen LogP) is 5.48. The van der Waals surface area contributed by atoms with Gasteiger partial charge < -0.3 is 20.1 Å². The van der Waals surface area contributed by atoms with Gasteiger partial charge in [0.15, 0.2) is 17.2 Å². The van der Waals surface area contributed by atoms with Crippen LogP contribution in [-0.4, -0.2) is 46.3 Å². The number of nitriles is 1. The lowest BCUT2D eigenvalue weighted by molar-refractivity contribution is 0.0691. The monoisotopic (exact) mass is 542 g/mol. The van der Waals surface area contributed by atoms with Gasteiger partial charge in [0.25, 0.3) is 0 Å². The highest BCUT2D eigenvalue weighted by atomic mass is 35.5. The minimum Gasteiger partial charge on any atom is -0.476 e. The summed E-state index contributed by atoms with van der Waals surface area (Å²) in [7, 11) is 3.60. The molecule has 1 aliphatic carbocycles. The number of anilines is 2. The highest BCUT2D eigenvalue weighted by Crippen LogP contribution is 2.40. The summed E-state index contributed by atoms with van der Waals surface area (Å²) in [5.74, 6) is -0.737. The molecule has 10 heteroatoms. The number of pyridine rings is 1. The van der Waals surface area contributed by atoms with E-state index in [2.05, 4.69) is 28.5 Å². The number of nitrogens with zero attached hydrogens (tertiary/aromatic N) is 5. The van der Waals surface area contributed by atoms with E-state index in [4.69, 9.17) is 26.3 Å². The maximum atomic E-state index is 11.8. The topological polar surface area (TPSA) is 124 Å². The van der Waals surface area contributed by atoms with Gasteiger partial charge in [-0.25, -0.2) is 19.7 Å². The minimum absolute atomic E-state index is 0.0945. The van der Waals surface area contributed by atoms with Gasteiger partial charge in [-0.15, -0.1) is 0 Å². The Balaban J connectivity index is 1.61. The van der Waals surface area contributed by atoms with Crippen LogP contribution in [-0.2, 0) is 11.2 Å². The van der Waals surface area contributed by atoms with Gasteiger partial charge in [0.2, 0.25) is 0 Å². The molecule has 2 aromatic carbocycles. The smallest absolute Gasteiger partial charge is 0.356 e. The zero-order chi connectivity index (χ0) is 27.8. The second-order valence-electron chi connectivity index (χ2n) is 9.66. The van der Waals surface area contributed by atoms with Gasteiger partial charge in [0.1, 0.15) is 11.2 Å². The first-order valence-electron chi connectivity index (χ1n) is 12.4. The van der Waals surface area contributed by atoms with Crippen molar-refractivity contribution in [3.63, 3.8) is 0 Å². The van der Waals surface area contributed by atoms with Crippen molar-refractivity contribution in [2.45, 2.75) is 38.5 Å². The Bertz CT molecular complexity index is 1640. The number of hydrogen-bond donors (Lipinski definition) is 2. The molecule has 0 amide bonds. The van der Waals surface area contributed by atoms with Gasteiger partial charge >= 0.3 is 5.97 Å². The van der Waals surface area contributed by atoms with E-state index in [-0.39, 0.29) is 34.7 Å². The van der Waals surface area contributed by atoms with Crippen molar-refractivity contribution in [2.75, 3.05) is 24.4 Å². The average molecular weight is 543 g/mol. The van der Waals surface area contributed by atoms with Crippen LogP contribution in [0.25, 0.3) is 11.0 Å². The molecule has 9 nitrogen and oxygen atoms in total. The molecule has 0 spiro atoms. The number of likely N-dealkylation sites (N-methyl/N-ethyl adjacent to an activating group) is 1. The van der Waals surface area contributed by atoms with Gasteiger partial charge in [-0.05, 0) is 48.7 Å². The van der Waals surface area contributed by atoms with E-state index in [1.807, 2.05) is 50.1 Å². The van der Waals surface area contributed by atoms with Crippen molar-refractivity contribution < 1.29 is 14.6 Å². The maximum absolute atomic E-state index is 11.8. The van der Waals surface area contributed by atoms with Crippen molar-refractivity contribution in [3.05, 3.63) is 87.3 Å². The van der Waals surface area contributed by atoms with E-state index >= 15 is 0 Å². The zero-order valence-electron chi connectivity index (χ0n) is 21.9. The molecule has 4 aromatic rings.